The van der Waals surface area contributed by atoms with Crippen molar-refractivity contribution in [3.63, 3.8) is 0 Å². The van der Waals surface area contributed by atoms with Gasteiger partial charge in [0.1, 0.15) is 5.82 Å². The summed E-state index contributed by atoms with van der Waals surface area (Å²) in [4.78, 5) is 0. The number of aliphatic hydroxyl groups excluding tert-OH is 1. The first-order chi connectivity index (χ1) is 8.97. The molecule has 0 heterocycles. The van der Waals surface area contributed by atoms with Crippen LogP contribution in [0.4, 0.5) is 4.39 Å². The van der Waals surface area contributed by atoms with Gasteiger partial charge in [-0.1, -0.05) is 39.7 Å². The van der Waals surface area contributed by atoms with Crippen LogP contribution >= 0.6 is 27.5 Å². The minimum atomic E-state index is -0.659. The third-order valence-electron chi connectivity index (χ3n) is 3.00. The van der Waals surface area contributed by atoms with Crippen molar-refractivity contribution in [3.8, 4) is 0 Å². The molecule has 100 valence electrons. The lowest BCUT2D eigenvalue weighted by atomic mass is 9.98. The maximum atomic E-state index is 13.3. The lowest BCUT2D eigenvalue weighted by Gasteiger charge is -2.14. The molecule has 2 rings (SSSR count). The molecule has 1 atom stereocenters. The average Bonchev–Trinajstić information content (AvgIpc) is 2.33. The van der Waals surface area contributed by atoms with Crippen LogP contribution in [0.25, 0.3) is 0 Å². The van der Waals surface area contributed by atoms with Crippen LogP contribution in [0, 0.1) is 12.7 Å². The van der Waals surface area contributed by atoms with E-state index >= 15 is 0 Å². The summed E-state index contributed by atoms with van der Waals surface area (Å²) < 4.78 is 14.3. The Hall–Kier alpha value is -0.900. The summed E-state index contributed by atoms with van der Waals surface area (Å²) in [6.07, 6.45) is -0.301. The number of hydrogen-bond donors (Lipinski definition) is 1. The minimum absolute atomic E-state index is 0.0954. The second-order valence-corrected chi connectivity index (χ2v) is 5.79. The maximum absolute atomic E-state index is 13.3. The molecule has 0 aliphatic heterocycles. The summed E-state index contributed by atoms with van der Waals surface area (Å²) in [7, 11) is 0. The van der Waals surface area contributed by atoms with Crippen LogP contribution in [0.15, 0.2) is 40.9 Å². The van der Waals surface area contributed by atoms with Gasteiger partial charge >= 0.3 is 0 Å². The van der Waals surface area contributed by atoms with Crippen molar-refractivity contribution in [2.75, 3.05) is 0 Å². The first-order valence-corrected chi connectivity index (χ1v) is 7.02. The van der Waals surface area contributed by atoms with Gasteiger partial charge in [0.05, 0.1) is 11.1 Å². The Morgan fingerprint density at radius 3 is 2.63 bits per heavy atom. The van der Waals surface area contributed by atoms with Gasteiger partial charge in [0.25, 0.3) is 0 Å². The molecule has 0 aliphatic rings. The van der Waals surface area contributed by atoms with Crippen LogP contribution in [-0.4, -0.2) is 5.11 Å². The van der Waals surface area contributed by atoms with Gasteiger partial charge in [-0.25, -0.2) is 4.39 Å². The molecular formula is C15H13BrClFO. The predicted molar refractivity (Wildman–Crippen MR) is 79.0 cm³/mol. The van der Waals surface area contributed by atoms with E-state index in [1.807, 2.05) is 25.1 Å². The number of aryl methyl sites for hydroxylation is 1. The average molecular weight is 344 g/mol. The van der Waals surface area contributed by atoms with Gasteiger partial charge in [0.2, 0.25) is 0 Å². The normalized spacial score (nSPS) is 12.5. The number of hydrogen-bond acceptors (Lipinski definition) is 1. The van der Waals surface area contributed by atoms with Crippen LogP contribution in [0.2, 0.25) is 5.02 Å². The quantitative estimate of drug-likeness (QED) is 0.846. The summed E-state index contributed by atoms with van der Waals surface area (Å²) >= 11 is 9.02. The number of benzene rings is 2. The smallest absolute Gasteiger partial charge is 0.142 e. The van der Waals surface area contributed by atoms with E-state index in [0.29, 0.717) is 6.42 Å². The zero-order valence-corrected chi connectivity index (χ0v) is 12.7. The fourth-order valence-corrected chi connectivity index (χ4v) is 2.61. The van der Waals surface area contributed by atoms with Crippen LogP contribution < -0.4 is 0 Å². The molecule has 0 spiro atoms. The van der Waals surface area contributed by atoms with E-state index in [1.165, 1.54) is 12.1 Å². The topological polar surface area (TPSA) is 20.2 Å². The van der Waals surface area contributed by atoms with Crippen LogP contribution in [-0.2, 0) is 6.42 Å². The molecule has 0 aliphatic carbocycles. The van der Waals surface area contributed by atoms with Crippen molar-refractivity contribution in [3.05, 3.63) is 68.4 Å². The summed E-state index contributed by atoms with van der Waals surface area (Å²) in [5.74, 6) is -0.459. The molecule has 1 unspecified atom stereocenters. The van der Waals surface area contributed by atoms with E-state index in [0.717, 1.165) is 21.2 Å². The van der Waals surface area contributed by atoms with E-state index in [2.05, 4.69) is 15.9 Å². The van der Waals surface area contributed by atoms with Crippen molar-refractivity contribution < 1.29 is 9.50 Å². The molecule has 1 nitrogen and oxygen atoms in total. The Morgan fingerprint density at radius 1 is 1.26 bits per heavy atom. The van der Waals surface area contributed by atoms with E-state index in [1.54, 1.807) is 6.07 Å². The van der Waals surface area contributed by atoms with E-state index in [-0.39, 0.29) is 5.02 Å². The van der Waals surface area contributed by atoms with Gasteiger partial charge in [-0.05, 0) is 47.9 Å². The highest BCUT2D eigenvalue weighted by Crippen LogP contribution is 2.25. The molecule has 2 aromatic rings. The minimum Gasteiger partial charge on any atom is -0.388 e. The molecule has 0 aromatic heterocycles. The Balaban J connectivity index is 2.20. The van der Waals surface area contributed by atoms with E-state index < -0.39 is 11.9 Å². The molecular weight excluding hydrogens is 331 g/mol. The van der Waals surface area contributed by atoms with Crippen molar-refractivity contribution in [2.45, 2.75) is 19.4 Å². The molecule has 0 radical (unpaired) electrons. The maximum Gasteiger partial charge on any atom is 0.142 e. The van der Waals surface area contributed by atoms with Crippen molar-refractivity contribution in [1.82, 2.24) is 0 Å². The Kier molecular flexibility index (Phi) is 4.61. The van der Waals surface area contributed by atoms with Crippen LogP contribution in [0.5, 0.6) is 0 Å². The monoisotopic (exact) mass is 342 g/mol. The van der Waals surface area contributed by atoms with Crippen molar-refractivity contribution in [1.29, 1.82) is 0 Å². The predicted octanol–water partition coefficient (Wildman–Crippen LogP) is 4.83. The van der Waals surface area contributed by atoms with Crippen molar-refractivity contribution >= 4 is 27.5 Å². The zero-order valence-electron chi connectivity index (χ0n) is 10.3. The van der Waals surface area contributed by atoms with Crippen LogP contribution in [0.1, 0.15) is 22.8 Å². The highest BCUT2D eigenvalue weighted by atomic mass is 79.9. The number of rotatable bonds is 3. The lowest BCUT2D eigenvalue weighted by Crippen LogP contribution is -2.04. The molecule has 0 bridgehead atoms. The third kappa shape index (κ3) is 3.56. The molecule has 19 heavy (non-hydrogen) atoms. The van der Waals surface area contributed by atoms with Gasteiger partial charge in [0.15, 0.2) is 0 Å². The Morgan fingerprint density at radius 2 is 2.00 bits per heavy atom. The highest BCUT2D eigenvalue weighted by Gasteiger charge is 2.12. The Labute approximate surface area is 125 Å². The molecule has 1 N–H and O–H groups in total. The molecule has 0 amide bonds. The molecule has 2 aromatic carbocycles. The standard InChI is InChI=1S/C15H13BrClFO/c1-9-6-11(16)3-4-12(9)15(19)8-10-2-5-13(17)14(18)7-10/h2-7,15,19H,8H2,1H3. The Bertz CT molecular complexity index is 601. The van der Waals surface area contributed by atoms with Gasteiger partial charge in [-0.2, -0.15) is 0 Å². The number of halogens is 3. The fraction of sp³-hybridized carbons (Fsp3) is 0.200. The van der Waals surface area contributed by atoms with Crippen molar-refractivity contribution in [2.24, 2.45) is 0 Å². The van der Waals surface area contributed by atoms with Gasteiger partial charge in [-0.15, -0.1) is 0 Å². The lowest BCUT2D eigenvalue weighted by molar-refractivity contribution is 0.177. The van der Waals surface area contributed by atoms with Gasteiger partial charge in [-0.3, -0.25) is 0 Å². The summed E-state index contributed by atoms with van der Waals surface area (Å²) in [5.41, 5.74) is 2.56. The zero-order chi connectivity index (χ0) is 14.0. The van der Waals surface area contributed by atoms with E-state index in [9.17, 15) is 9.50 Å². The fourth-order valence-electron chi connectivity index (χ4n) is 2.01. The first-order valence-electron chi connectivity index (χ1n) is 5.85. The first kappa shape index (κ1) is 14.5. The van der Waals surface area contributed by atoms with Gasteiger partial charge in [0, 0.05) is 10.9 Å². The van der Waals surface area contributed by atoms with E-state index in [4.69, 9.17) is 11.6 Å². The second-order valence-electron chi connectivity index (χ2n) is 4.47. The molecule has 0 saturated heterocycles. The number of aliphatic hydroxyl groups is 1. The second kappa shape index (κ2) is 6.04. The molecule has 4 heteroatoms. The van der Waals surface area contributed by atoms with Crippen LogP contribution in [0.3, 0.4) is 0 Å². The summed E-state index contributed by atoms with van der Waals surface area (Å²) in [5, 5.41) is 10.3. The van der Waals surface area contributed by atoms with Gasteiger partial charge < -0.3 is 5.11 Å². The summed E-state index contributed by atoms with van der Waals surface area (Å²) in [6.45, 7) is 1.94. The SMILES string of the molecule is Cc1cc(Br)ccc1C(O)Cc1ccc(Cl)c(F)c1. The molecule has 0 fully saturated rings. The largest absolute Gasteiger partial charge is 0.388 e. The summed E-state index contributed by atoms with van der Waals surface area (Å²) in [6, 6.07) is 10.3. The third-order valence-corrected chi connectivity index (χ3v) is 3.80. The highest BCUT2D eigenvalue weighted by molar-refractivity contribution is 9.10. The molecule has 0 saturated carbocycles.